The van der Waals surface area contributed by atoms with Crippen LogP contribution in [0, 0.1) is 0 Å². The molecule has 1 aromatic carbocycles. The van der Waals surface area contributed by atoms with Gasteiger partial charge in [0.15, 0.2) is 6.17 Å². The summed E-state index contributed by atoms with van der Waals surface area (Å²) in [7, 11) is 2.18. The molecule has 3 aromatic rings. The highest BCUT2D eigenvalue weighted by atomic mass is 16.3. The second-order valence-corrected chi connectivity index (χ2v) is 7.79. The summed E-state index contributed by atoms with van der Waals surface area (Å²) >= 11 is 0. The van der Waals surface area contributed by atoms with Crippen LogP contribution in [-0.4, -0.2) is 77.0 Å². The first kappa shape index (κ1) is 17.0. The smallest absolute Gasteiger partial charge is 0.216 e. The second-order valence-electron chi connectivity index (χ2n) is 7.79. The average molecular weight is 392 g/mol. The van der Waals surface area contributed by atoms with Crippen LogP contribution >= 0.6 is 0 Å². The molecule has 150 valence electrons. The van der Waals surface area contributed by atoms with Gasteiger partial charge < -0.3 is 14.6 Å². The summed E-state index contributed by atoms with van der Waals surface area (Å²) in [4.78, 5) is 14.4. The van der Waals surface area contributed by atoms with Crippen LogP contribution in [0.15, 0.2) is 52.1 Å². The number of hydrazine groups is 1. The molecular formula is C20H24N8O. The van der Waals surface area contributed by atoms with Gasteiger partial charge in [0.25, 0.3) is 0 Å². The van der Waals surface area contributed by atoms with E-state index in [9.17, 15) is 0 Å². The summed E-state index contributed by atoms with van der Waals surface area (Å²) in [5, 5.41) is 8.30. The number of hydrogen-bond acceptors (Lipinski definition) is 8. The Balaban J connectivity index is 1.40. The van der Waals surface area contributed by atoms with E-state index >= 15 is 0 Å². The maximum Gasteiger partial charge on any atom is 0.216 e. The number of hydrogen-bond donors (Lipinski definition) is 1. The number of aliphatic imine (C=N–C) groups is 1. The minimum atomic E-state index is -0.169. The van der Waals surface area contributed by atoms with Crippen molar-refractivity contribution >= 4 is 22.9 Å². The molecule has 1 N–H and O–H groups in total. The zero-order valence-electron chi connectivity index (χ0n) is 16.4. The monoisotopic (exact) mass is 392 g/mol. The van der Waals surface area contributed by atoms with E-state index in [0.717, 1.165) is 61.5 Å². The van der Waals surface area contributed by atoms with Gasteiger partial charge in [0.1, 0.15) is 12.4 Å². The van der Waals surface area contributed by atoms with Crippen LogP contribution in [0.4, 0.5) is 5.95 Å². The predicted molar refractivity (Wildman–Crippen MR) is 110 cm³/mol. The van der Waals surface area contributed by atoms with Crippen molar-refractivity contribution in [2.45, 2.75) is 6.17 Å². The summed E-state index contributed by atoms with van der Waals surface area (Å²) < 4.78 is 7.96. The molecule has 2 aromatic heterocycles. The molecule has 1 atom stereocenters. The molecule has 0 bridgehead atoms. The van der Waals surface area contributed by atoms with E-state index in [4.69, 9.17) is 14.4 Å². The number of guanidine groups is 1. The molecule has 0 spiro atoms. The standard InChI is InChI=1S/C20H24N8O/c1-24-8-10-25(11-9-24)26-13-21-19-23-18(17-7-4-12-29-17)28-16-6-3-2-5-15(16)22-20(28)27(19)14-26/h2-7,12,18H,8-11,13-14H2,1H3,(H,21,23)/t18-/m0/s1. The van der Waals surface area contributed by atoms with Gasteiger partial charge in [-0.05, 0) is 31.3 Å². The van der Waals surface area contributed by atoms with Crippen LogP contribution in [0.2, 0.25) is 0 Å². The van der Waals surface area contributed by atoms with Gasteiger partial charge in [0.05, 0.1) is 24.0 Å². The number of nitrogens with zero attached hydrogens (tertiary/aromatic N) is 7. The summed E-state index contributed by atoms with van der Waals surface area (Å²) in [6, 6.07) is 12.1. The molecule has 0 unspecified atom stereocenters. The Morgan fingerprint density at radius 1 is 1.03 bits per heavy atom. The van der Waals surface area contributed by atoms with E-state index in [1.165, 1.54) is 0 Å². The number of para-hydroxylation sites is 2. The Labute approximate surface area is 168 Å². The van der Waals surface area contributed by atoms with Crippen LogP contribution < -0.4 is 10.2 Å². The lowest BCUT2D eigenvalue weighted by molar-refractivity contribution is -0.0528. The summed E-state index contributed by atoms with van der Waals surface area (Å²) in [6.45, 7) is 5.56. The largest absolute Gasteiger partial charge is 0.465 e. The van der Waals surface area contributed by atoms with Gasteiger partial charge in [-0.1, -0.05) is 12.1 Å². The quantitative estimate of drug-likeness (QED) is 0.706. The van der Waals surface area contributed by atoms with E-state index in [1.807, 2.05) is 24.3 Å². The van der Waals surface area contributed by atoms with Gasteiger partial charge in [-0.2, -0.15) is 0 Å². The van der Waals surface area contributed by atoms with E-state index in [1.54, 1.807) is 6.26 Å². The number of rotatable bonds is 2. The van der Waals surface area contributed by atoms with Gasteiger partial charge in [0, 0.05) is 26.2 Å². The SMILES string of the molecule is CN1CCN(N2CN=C3N[C@H](c4ccco4)n4c(nc5ccccc54)N3C2)CC1. The summed E-state index contributed by atoms with van der Waals surface area (Å²) in [5.41, 5.74) is 2.05. The first-order chi connectivity index (χ1) is 14.3. The van der Waals surface area contributed by atoms with Gasteiger partial charge in [-0.3, -0.25) is 9.47 Å². The second kappa shape index (κ2) is 6.58. The number of furan rings is 1. The molecule has 6 rings (SSSR count). The zero-order valence-corrected chi connectivity index (χ0v) is 16.4. The van der Waals surface area contributed by atoms with Crippen LogP contribution in [0.5, 0.6) is 0 Å². The van der Waals surface area contributed by atoms with Crippen molar-refractivity contribution in [3.8, 4) is 0 Å². The van der Waals surface area contributed by atoms with Crippen molar-refractivity contribution in [1.29, 1.82) is 0 Å². The molecule has 3 aliphatic heterocycles. The van der Waals surface area contributed by atoms with Crippen molar-refractivity contribution < 1.29 is 4.42 Å². The van der Waals surface area contributed by atoms with Gasteiger partial charge in [0.2, 0.25) is 11.9 Å². The third kappa shape index (κ3) is 2.73. The Morgan fingerprint density at radius 2 is 1.90 bits per heavy atom. The number of benzene rings is 1. The van der Waals surface area contributed by atoms with Crippen molar-refractivity contribution in [2.24, 2.45) is 4.99 Å². The van der Waals surface area contributed by atoms with Gasteiger partial charge in [-0.15, -0.1) is 0 Å². The number of nitrogens with one attached hydrogen (secondary N) is 1. The number of anilines is 1. The Hall–Kier alpha value is -2.88. The van der Waals surface area contributed by atoms with Crippen molar-refractivity contribution in [1.82, 2.24) is 29.8 Å². The zero-order chi connectivity index (χ0) is 19.4. The van der Waals surface area contributed by atoms with Crippen molar-refractivity contribution in [2.75, 3.05) is 51.5 Å². The lowest BCUT2D eigenvalue weighted by Gasteiger charge is -2.46. The first-order valence-electron chi connectivity index (χ1n) is 10.1. The molecule has 3 aliphatic rings. The Bertz CT molecular complexity index is 1050. The molecule has 0 aliphatic carbocycles. The van der Waals surface area contributed by atoms with Crippen molar-refractivity contribution in [3.05, 3.63) is 48.4 Å². The molecule has 29 heavy (non-hydrogen) atoms. The maximum atomic E-state index is 5.75. The van der Waals surface area contributed by atoms with E-state index in [0.29, 0.717) is 6.67 Å². The van der Waals surface area contributed by atoms with Crippen molar-refractivity contribution in [3.63, 3.8) is 0 Å². The maximum absolute atomic E-state index is 5.75. The number of fused-ring (bicyclic) bond motifs is 5. The number of likely N-dealkylation sites (N-methyl/N-ethyl adjacent to an activating group) is 1. The lowest BCUT2D eigenvalue weighted by atomic mass is 10.2. The topological polar surface area (TPSA) is 68.3 Å². The number of imidazole rings is 1. The Kier molecular flexibility index (Phi) is 3.86. The summed E-state index contributed by atoms with van der Waals surface area (Å²) in [5.74, 6) is 2.58. The highest BCUT2D eigenvalue weighted by Gasteiger charge is 2.38. The van der Waals surface area contributed by atoms with E-state index < -0.39 is 0 Å². The fraction of sp³-hybridized carbons (Fsp3) is 0.400. The van der Waals surface area contributed by atoms with E-state index in [2.05, 4.69) is 48.9 Å². The van der Waals surface area contributed by atoms with Crippen LogP contribution in [0.25, 0.3) is 11.0 Å². The van der Waals surface area contributed by atoms with Crippen LogP contribution in [-0.2, 0) is 0 Å². The molecule has 0 saturated carbocycles. The molecule has 5 heterocycles. The third-order valence-corrected chi connectivity index (χ3v) is 5.98. The number of aromatic nitrogens is 2. The third-order valence-electron chi connectivity index (χ3n) is 5.98. The molecule has 0 amide bonds. The highest BCUT2D eigenvalue weighted by molar-refractivity contribution is 5.98. The molecule has 9 nitrogen and oxygen atoms in total. The molecule has 9 heteroatoms. The molecule has 1 saturated heterocycles. The van der Waals surface area contributed by atoms with E-state index in [-0.39, 0.29) is 6.17 Å². The fourth-order valence-electron chi connectivity index (χ4n) is 4.36. The minimum Gasteiger partial charge on any atom is -0.465 e. The first-order valence-corrected chi connectivity index (χ1v) is 10.1. The predicted octanol–water partition coefficient (Wildman–Crippen LogP) is 1.33. The normalized spacial score (nSPS) is 23.6. The molecule has 0 radical (unpaired) electrons. The number of piperazine rings is 1. The molecular weight excluding hydrogens is 368 g/mol. The van der Waals surface area contributed by atoms with Crippen LogP contribution in [0.1, 0.15) is 11.9 Å². The molecule has 1 fully saturated rings. The van der Waals surface area contributed by atoms with Gasteiger partial charge in [-0.25, -0.2) is 20.0 Å². The lowest BCUT2D eigenvalue weighted by Crippen LogP contribution is -2.62. The minimum absolute atomic E-state index is 0.169. The fourth-order valence-corrected chi connectivity index (χ4v) is 4.36. The van der Waals surface area contributed by atoms with Gasteiger partial charge >= 0.3 is 0 Å². The highest BCUT2D eigenvalue weighted by Crippen LogP contribution is 2.34. The Morgan fingerprint density at radius 3 is 2.72 bits per heavy atom. The van der Waals surface area contributed by atoms with Crippen LogP contribution in [0.3, 0.4) is 0 Å². The average Bonchev–Trinajstić information content (AvgIpc) is 3.42. The summed E-state index contributed by atoms with van der Waals surface area (Å²) in [6.07, 6.45) is 1.54.